The molecule has 11 aromatic carbocycles. The van der Waals surface area contributed by atoms with Crippen LogP contribution < -0.4 is 31.1 Å². The smallest absolute Gasteiger partial charge is 0.252 e. The molecule has 0 spiro atoms. The summed E-state index contributed by atoms with van der Waals surface area (Å²) in [6, 6.07) is 84.9. The number of hydrogen-bond acceptors (Lipinski definition) is 3. The van der Waals surface area contributed by atoms with E-state index in [1.807, 2.05) is 0 Å². The van der Waals surface area contributed by atoms with Crippen molar-refractivity contribution in [3.05, 3.63) is 274 Å². The highest BCUT2D eigenvalue weighted by Crippen LogP contribution is 2.58. The summed E-state index contributed by atoms with van der Waals surface area (Å²) in [6.45, 7) is 23.8. The molecule has 2 heterocycles. The number of anilines is 9. The minimum atomic E-state index is -0.219. The number of rotatable bonds is 5. The molecule has 0 N–H and O–H groups in total. The van der Waals surface area contributed by atoms with E-state index < -0.39 is 0 Å². The van der Waals surface area contributed by atoms with Crippen LogP contribution in [0.2, 0.25) is 0 Å². The average Bonchev–Trinajstić information content (AvgIpc) is 1.08. The summed E-state index contributed by atoms with van der Waals surface area (Å²) in [4.78, 5) is 7.91. The van der Waals surface area contributed by atoms with E-state index in [0.29, 0.717) is 0 Å². The van der Waals surface area contributed by atoms with Crippen LogP contribution in [0, 0.1) is 13.8 Å². The highest BCUT2D eigenvalue weighted by Gasteiger charge is 2.49. The van der Waals surface area contributed by atoms with Gasteiger partial charge in [0.25, 0.3) is 6.71 Å². The predicted octanol–water partition coefficient (Wildman–Crippen LogP) is 19.1. The first-order chi connectivity index (χ1) is 40.5. The van der Waals surface area contributed by atoms with E-state index in [1.54, 1.807) is 0 Å². The van der Waals surface area contributed by atoms with Crippen LogP contribution in [0.4, 0.5) is 51.2 Å². The van der Waals surface area contributed by atoms with Gasteiger partial charge in [0.2, 0.25) is 0 Å². The van der Waals surface area contributed by atoms with Crippen LogP contribution in [0.25, 0.3) is 44.5 Å². The molecular weight excluding hydrogens is 1010 g/mol. The molecule has 0 amide bonds. The molecule has 4 heteroatoms. The standard InChI is InChI=1S/C80H66BN3/c1-47-23-11-21-33-70(47)84(71-34-22-12-24-48(71)2)51-41-74-76-75(42-51)83(50-36-38-65-57(40-50)53-26-14-18-30-61(53)78(65,5)6)73-44-59-55-28-16-20-32-63(55)80(9,10)67(59)46-69(73)81(76)68-45-66-58(54-27-15-19-31-62(54)79(66,7)8)43-72(68)82(74)49-35-37-64-56(39-49)52-25-13-17-29-60(52)77(64,3)4/h11-46H,1-10H3. The van der Waals surface area contributed by atoms with E-state index in [9.17, 15) is 0 Å². The Balaban J connectivity index is 1.04. The molecule has 3 nitrogen and oxygen atoms in total. The van der Waals surface area contributed by atoms with Crippen molar-refractivity contribution in [2.75, 3.05) is 14.7 Å². The number of nitrogens with zero attached hydrogens (tertiary/aromatic N) is 3. The number of benzene rings is 11. The molecule has 17 rings (SSSR count). The van der Waals surface area contributed by atoms with Crippen molar-refractivity contribution in [2.24, 2.45) is 0 Å². The minimum absolute atomic E-state index is 0.121. The normalized spacial score (nSPS) is 16.3. The van der Waals surface area contributed by atoms with E-state index in [1.165, 1.54) is 139 Å². The van der Waals surface area contributed by atoms with E-state index in [2.05, 4.69) is 302 Å². The van der Waals surface area contributed by atoms with Crippen molar-refractivity contribution < 1.29 is 0 Å². The lowest BCUT2D eigenvalue weighted by Gasteiger charge is -2.46. The summed E-state index contributed by atoms with van der Waals surface area (Å²) in [6.07, 6.45) is 0. The van der Waals surface area contributed by atoms with Gasteiger partial charge in [0.1, 0.15) is 0 Å². The lowest BCUT2D eigenvalue weighted by atomic mass is 9.33. The average molecular weight is 1080 g/mol. The van der Waals surface area contributed by atoms with Gasteiger partial charge in [0.15, 0.2) is 0 Å². The third-order valence-electron chi connectivity index (χ3n) is 21.1. The maximum absolute atomic E-state index is 2.68. The van der Waals surface area contributed by atoms with Crippen molar-refractivity contribution >= 4 is 74.3 Å². The molecule has 11 aromatic rings. The molecule has 0 aromatic heterocycles. The lowest BCUT2D eigenvalue weighted by molar-refractivity contribution is 0.660. The van der Waals surface area contributed by atoms with Crippen molar-refractivity contribution in [3.63, 3.8) is 0 Å². The molecule has 2 aliphatic heterocycles. The second-order valence-electron chi connectivity index (χ2n) is 27.0. The maximum atomic E-state index is 2.68. The summed E-state index contributed by atoms with van der Waals surface area (Å²) < 4.78 is 0. The lowest BCUT2D eigenvalue weighted by Crippen LogP contribution is -2.61. The van der Waals surface area contributed by atoms with Crippen LogP contribution in [0.3, 0.4) is 0 Å². The van der Waals surface area contributed by atoms with Crippen molar-refractivity contribution in [1.29, 1.82) is 0 Å². The van der Waals surface area contributed by atoms with Crippen molar-refractivity contribution in [1.82, 2.24) is 0 Å². The first kappa shape index (κ1) is 49.5. The van der Waals surface area contributed by atoms with E-state index in [0.717, 1.165) is 28.4 Å². The zero-order chi connectivity index (χ0) is 57.1. The van der Waals surface area contributed by atoms with Gasteiger partial charge in [-0.05, 0) is 191 Å². The molecule has 0 fully saturated rings. The van der Waals surface area contributed by atoms with Crippen LogP contribution in [0.5, 0.6) is 0 Å². The molecular formula is C80H66BN3. The second kappa shape index (κ2) is 16.8. The maximum Gasteiger partial charge on any atom is 0.252 e. The zero-order valence-corrected chi connectivity index (χ0v) is 49.7. The number of aryl methyl sites for hydroxylation is 2. The summed E-state index contributed by atoms with van der Waals surface area (Å²) >= 11 is 0. The van der Waals surface area contributed by atoms with Gasteiger partial charge in [-0.3, -0.25) is 0 Å². The fourth-order valence-corrected chi connectivity index (χ4v) is 16.8. The first-order valence-electron chi connectivity index (χ1n) is 30.3. The summed E-state index contributed by atoms with van der Waals surface area (Å²) in [5.41, 5.74) is 37.8. The Hall–Kier alpha value is -9.12. The largest absolute Gasteiger partial charge is 0.311 e. The van der Waals surface area contributed by atoms with Crippen LogP contribution in [0.15, 0.2) is 218 Å². The van der Waals surface area contributed by atoms with Crippen LogP contribution in [0.1, 0.15) is 111 Å². The van der Waals surface area contributed by atoms with Gasteiger partial charge in [0, 0.05) is 67.2 Å². The van der Waals surface area contributed by atoms with Crippen LogP contribution >= 0.6 is 0 Å². The van der Waals surface area contributed by atoms with Gasteiger partial charge < -0.3 is 14.7 Å². The predicted molar refractivity (Wildman–Crippen MR) is 355 cm³/mol. The molecule has 0 saturated carbocycles. The van der Waals surface area contributed by atoms with E-state index >= 15 is 0 Å². The van der Waals surface area contributed by atoms with Crippen molar-refractivity contribution in [3.8, 4) is 44.5 Å². The fraction of sp³-hybridized carbons (Fsp3) is 0.175. The SMILES string of the molecule is Cc1ccccc1N(c1cc2c3c(c1)N(c1ccc4c(c1)-c1ccccc1C4(C)C)c1cc4c(cc1B3c1cc3c(cc1N2c1ccc2c(c1)-c1ccccc1C2(C)C)-c1ccccc1C3(C)C)C(C)(C)c1ccccc1-4)c1ccccc1C. The van der Waals surface area contributed by atoms with Gasteiger partial charge in [-0.15, -0.1) is 0 Å². The van der Waals surface area contributed by atoms with Crippen LogP contribution in [-0.4, -0.2) is 6.71 Å². The van der Waals surface area contributed by atoms with Gasteiger partial charge in [-0.1, -0.05) is 213 Å². The third kappa shape index (κ3) is 6.38. The fourth-order valence-electron chi connectivity index (χ4n) is 16.8. The van der Waals surface area contributed by atoms with Gasteiger partial charge in [-0.2, -0.15) is 0 Å². The Morgan fingerprint density at radius 3 is 1.00 bits per heavy atom. The molecule has 6 aliphatic rings. The Labute approximate surface area is 495 Å². The molecule has 0 saturated heterocycles. The Kier molecular flexibility index (Phi) is 9.89. The van der Waals surface area contributed by atoms with Gasteiger partial charge in [-0.25, -0.2) is 0 Å². The summed E-state index contributed by atoms with van der Waals surface area (Å²) in [5.74, 6) is 0. The van der Waals surface area contributed by atoms with E-state index in [-0.39, 0.29) is 28.4 Å². The second-order valence-corrected chi connectivity index (χ2v) is 27.0. The first-order valence-corrected chi connectivity index (χ1v) is 30.3. The van der Waals surface area contributed by atoms with Crippen molar-refractivity contribution in [2.45, 2.75) is 90.9 Å². The highest BCUT2D eigenvalue weighted by atomic mass is 15.2. The Morgan fingerprint density at radius 2 is 0.619 bits per heavy atom. The monoisotopic (exact) mass is 1080 g/mol. The number of hydrogen-bond donors (Lipinski definition) is 0. The zero-order valence-electron chi connectivity index (χ0n) is 49.7. The summed E-state index contributed by atoms with van der Waals surface area (Å²) in [7, 11) is 0. The molecule has 4 aliphatic carbocycles. The summed E-state index contributed by atoms with van der Waals surface area (Å²) in [5, 5.41) is 0. The van der Waals surface area contributed by atoms with Gasteiger partial charge >= 0.3 is 0 Å². The Bertz CT molecular complexity index is 4450. The molecule has 84 heavy (non-hydrogen) atoms. The van der Waals surface area contributed by atoms with Crippen LogP contribution in [-0.2, 0) is 21.7 Å². The molecule has 0 radical (unpaired) electrons. The Morgan fingerprint density at radius 1 is 0.298 bits per heavy atom. The third-order valence-corrected chi connectivity index (χ3v) is 21.1. The number of para-hydroxylation sites is 2. The van der Waals surface area contributed by atoms with Gasteiger partial charge in [0.05, 0.1) is 5.69 Å². The topological polar surface area (TPSA) is 9.72 Å². The minimum Gasteiger partial charge on any atom is -0.311 e. The van der Waals surface area contributed by atoms with E-state index in [4.69, 9.17) is 0 Å². The molecule has 0 atom stereocenters. The quantitative estimate of drug-likeness (QED) is 0.159. The highest BCUT2D eigenvalue weighted by molar-refractivity contribution is 7.00. The number of fused-ring (bicyclic) bond motifs is 16. The molecule has 0 bridgehead atoms. The molecule has 0 unspecified atom stereocenters. The molecule has 404 valence electrons.